The van der Waals surface area contributed by atoms with Gasteiger partial charge >= 0.3 is 0 Å². The zero-order chi connectivity index (χ0) is 12.8. The summed E-state index contributed by atoms with van der Waals surface area (Å²) >= 11 is 0. The fourth-order valence-corrected chi connectivity index (χ4v) is 2.89. The van der Waals surface area contributed by atoms with Crippen molar-refractivity contribution in [2.75, 3.05) is 19.6 Å². The smallest absolute Gasteiger partial charge is 0.0967 e. The average Bonchev–Trinajstić information content (AvgIpc) is 3.21. The van der Waals surface area contributed by atoms with Crippen molar-refractivity contribution in [2.24, 2.45) is 5.92 Å². The summed E-state index contributed by atoms with van der Waals surface area (Å²) in [6.07, 6.45) is 8.94. The van der Waals surface area contributed by atoms with E-state index in [2.05, 4.69) is 23.2 Å². The van der Waals surface area contributed by atoms with Gasteiger partial charge in [-0.3, -0.25) is 5.32 Å². The highest BCUT2D eigenvalue weighted by Gasteiger charge is 2.24. The fourth-order valence-electron chi connectivity index (χ4n) is 2.89. The number of rotatable bonds is 6. The van der Waals surface area contributed by atoms with E-state index < -0.39 is 0 Å². The molecule has 2 rings (SSSR count). The molecular weight excluding hydrogens is 222 g/mol. The molecule has 2 aliphatic rings. The normalized spacial score (nSPS) is 27.4. The Labute approximate surface area is 112 Å². The predicted octanol–water partition coefficient (Wildman–Crippen LogP) is 2.53. The SMILES string of the molecule is CCC1CCCN(CCC(C#N)NC2CC2)CC1. The minimum atomic E-state index is 0.0720. The summed E-state index contributed by atoms with van der Waals surface area (Å²) in [5.74, 6) is 0.936. The van der Waals surface area contributed by atoms with Gasteiger partial charge in [-0.15, -0.1) is 0 Å². The van der Waals surface area contributed by atoms with Gasteiger partial charge in [-0.2, -0.15) is 5.26 Å². The van der Waals surface area contributed by atoms with Gasteiger partial charge in [-0.05, 0) is 57.5 Å². The van der Waals surface area contributed by atoms with E-state index in [1.165, 1.54) is 51.6 Å². The molecular formula is C15H27N3. The van der Waals surface area contributed by atoms with Crippen LogP contribution in [-0.2, 0) is 0 Å². The van der Waals surface area contributed by atoms with Crippen molar-refractivity contribution in [1.29, 1.82) is 5.26 Å². The van der Waals surface area contributed by atoms with Gasteiger partial charge in [-0.25, -0.2) is 0 Å². The summed E-state index contributed by atoms with van der Waals surface area (Å²) in [6.45, 7) is 5.87. The molecule has 0 bridgehead atoms. The topological polar surface area (TPSA) is 39.1 Å². The highest BCUT2D eigenvalue weighted by molar-refractivity contribution is 4.96. The quantitative estimate of drug-likeness (QED) is 0.786. The van der Waals surface area contributed by atoms with Crippen LogP contribution in [0.3, 0.4) is 0 Å². The zero-order valence-corrected chi connectivity index (χ0v) is 11.7. The molecule has 0 aromatic rings. The first-order chi connectivity index (χ1) is 8.81. The molecule has 2 fully saturated rings. The van der Waals surface area contributed by atoms with E-state index in [-0.39, 0.29) is 6.04 Å². The lowest BCUT2D eigenvalue weighted by Gasteiger charge is -2.21. The third kappa shape index (κ3) is 4.59. The van der Waals surface area contributed by atoms with Gasteiger partial charge in [-0.1, -0.05) is 13.3 Å². The molecule has 1 N–H and O–H groups in total. The molecule has 1 saturated heterocycles. The summed E-state index contributed by atoms with van der Waals surface area (Å²) in [5, 5.41) is 12.6. The maximum Gasteiger partial charge on any atom is 0.0967 e. The lowest BCUT2D eigenvalue weighted by Crippen LogP contribution is -2.35. The Hall–Kier alpha value is -0.590. The lowest BCUT2D eigenvalue weighted by atomic mass is 9.98. The standard InChI is InChI=1S/C15H27N3/c1-2-13-4-3-9-18(10-7-13)11-8-15(12-16)17-14-5-6-14/h13-15,17H,2-11H2,1H3. The molecule has 3 nitrogen and oxygen atoms in total. The summed E-state index contributed by atoms with van der Waals surface area (Å²) in [5.41, 5.74) is 0. The van der Waals surface area contributed by atoms with Gasteiger partial charge in [0.15, 0.2) is 0 Å². The molecule has 0 aromatic carbocycles. The number of nitrogens with zero attached hydrogens (tertiary/aromatic N) is 2. The highest BCUT2D eigenvalue weighted by atomic mass is 15.1. The Morgan fingerprint density at radius 3 is 2.78 bits per heavy atom. The van der Waals surface area contributed by atoms with Gasteiger partial charge in [0.05, 0.1) is 12.1 Å². The Bertz CT molecular complexity index is 280. The first kappa shape index (κ1) is 13.8. The third-order valence-corrected chi connectivity index (χ3v) is 4.42. The number of likely N-dealkylation sites (tertiary alicyclic amines) is 1. The van der Waals surface area contributed by atoms with Gasteiger partial charge in [0.2, 0.25) is 0 Å². The summed E-state index contributed by atoms with van der Waals surface area (Å²) in [6, 6.07) is 3.12. The fraction of sp³-hybridized carbons (Fsp3) is 0.933. The summed E-state index contributed by atoms with van der Waals surface area (Å²) in [7, 11) is 0. The molecule has 0 amide bonds. The van der Waals surface area contributed by atoms with E-state index in [0.29, 0.717) is 6.04 Å². The minimum Gasteiger partial charge on any atom is -0.303 e. The molecule has 0 aromatic heterocycles. The van der Waals surface area contributed by atoms with Crippen molar-refractivity contribution in [2.45, 2.75) is 64.0 Å². The van der Waals surface area contributed by atoms with Crippen molar-refractivity contribution < 1.29 is 0 Å². The first-order valence-electron chi connectivity index (χ1n) is 7.69. The van der Waals surface area contributed by atoms with E-state index in [4.69, 9.17) is 5.26 Å². The van der Waals surface area contributed by atoms with E-state index in [1.54, 1.807) is 0 Å². The lowest BCUT2D eigenvalue weighted by molar-refractivity contribution is 0.268. The molecule has 0 spiro atoms. The summed E-state index contributed by atoms with van der Waals surface area (Å²) < 4.78 is 0. The monoisotopic (exact) mass is 249 g/mol. The van der Waals surface area contributed by atoms with Gasteiger partial charge in [0.1, 0.15) is 0 Å². The second kappa shape index (κ2) is 7.11. The molecule has 1 heterocycles. The van der Waals surface area contributed by atoms with Crippen LogP contribution >= 0.6 is 0 Å². The number of hydrogen-bond acceptors (Lipinski definition) is 3. The molecule has 1 aliphatic carbocycles. The average molecular weight is 249 g/mol. The van der Waals surface area contributed by atoms with E-state index in [1.807, 2.05) is 0 Å². The van der Waals surface area contributed by atoms with Gasteiger partial charge in [0, 0.05) is 12.6 Å². The number of nitriles is 1. The Morgan fingerprint density at radius 1 is 1.28 bits per heavy atom. The van der Waals surface area contributed by atoms with Gasteiger partial charge < -0.3 is 4.90 Å². The molecule has 3 heteroatoms. The van der Waals surface area contributed by atoms with Crippen LogP contribution < -0.4 is 5.32 Å². The van der Waals surface area contributed by atoms with Crippen molar-refractivity contribution in [3.63, 3.8) is 0 Å². The van der Waals surface area contributed by atoms with Gasteiger partial charge in [0.25, 0.3) is 0 Å². The van der Waals surface area contributed by atoms with E-state index in [9.17, 15) is 0 Å². The number of hydrogen-bond donors (Lipinski definition) is 1. The second-order valence-corrected chi connectivity index (χ2v) is 5.96. The Balaban J connectivity index is 1.66. The molecule has 1 aliphatic heterocycles. The maximum absolute atomic E-state index is 9.14. The largest absolute Gasteiger partial charge is 0.303 e. The van der Waals surface area contributed by atoms with Crippen LogP contribution in [0.2, 0.25) is 0 Å². The van der Waals surface area contributed by atoms with Crippen molar-refractivity contribution in [3.05, 3.63) is 0 Å². The minimum absolute atomic E-state index is 0.0720. The molecule has 2 unspecified atom stereocenters. The van der Waals surface area contributed by atoms with E-state index >= 15 is 0 Å². The van der Waals surface area contributed by atoms with Crippen LogP contribution in [0.1, 0.15) is 51.9 Å². The Kier molecular flexibility index (Phi) is 5.46. The zero-order valence-electron chi connectivity index (χ0n) is 11.7. The van der Waals surface area contributed by atoms with E-state index in [0.717, 1.165) is 18.9 Å². The maximum atomic E-state index is 9.14. The predicted molar refractivity (Wildman–Crippen MR) is 74.2 cm³/mol. The molecule has 1 saturated carbocycles. The molecule has 18 heavy (non-hydrogen) atoms. The van der Waals surface area contributed by atoms with Crippen LogP contribution in [0.5, 0.6) is 0 Å². The highest BCUT2D eigenvalue weighted by Crippen LogP contribution is 2.21. The molecule has 0 radical (unpaired) electrons. The first-order valence-corrected chi connectivity index (χ1v) is 7.69. The van der Waals surface area contributed by atoms with Crippen LogP contribution in [0.4, 0.5) is 0 Å². The molecule has 102 valence electrons. The third-order valence-electron chi connectivity index (χ3n) is 4.42. The summed E-state index contributed by atoms with van der Waals surface area (Å²) in [4.78, 5) is 2.56. The number of nitrogens with one attached hydrogen (secondary N) is 1. The van der Waals surface area contributed by atoms with Crippen molar-refractivity contribution in [1.82, 2.24) is 10.2 Å². The molecule has 2 atom stereocenters. The van der Waals surface area contributed by atoms with Crippen LogP contribution in [-0.4, -0.2) is 36.6 Å². The Morgan fingerprint density at radius 2 is 2.11 bits per heavy atom. The second-order valence-electron chi connectivity index (χ2n) is 5.96. The van der Waals surface area contributed by atoms with Crippen LogP contribution in [0.15, 0.2) is 0 Å². The van der Waals surface area contributed by atoms with Crippen molar-refractivity contribution in [3.8, 4) is 6.07 Å². The van der Waals surface area contributed by atoms with Crippen molar-refractivity contribution >= 4 is 0 Å². The van der Waals surface area contributed by atoms with Crippen LogP contribution in [0.25, 0.3) is 0 Å². The van der Waals surface area contributed by atoms with Crippen LogP contribution in [0, 0.1) is 17.2 Å².